The molecule has 0 saturated heterocycles. The Morgan fingerprint density at radius 2 is 1.90 bits per heavy atom. The number of pyridine rings is 3. The molecule has 30 heavy (non-hydrogen) atoms. The first-order valence-corrected chi connectivity index (χ1v) is 9.79. The van der Waals surface area contributed by atoms with Crippen LogP contribution in [-0.4, -0.2) is 37.0 Å². The molecule has 0 unspecified atom stereocenters. The lowest BCUT2D eigenvalue weighted by Crippen LogP contribution is -2.33. The Bertz CT molecular complexity index is 1200. The van der Waals surface area contributed by atoms with Crippen LogP contribution in [0.5, 0.6) is 0 Å². The van der Waals surface area contributed by atoms with Gasteiger partial charge in [-0.25, -0.2) is 19.6 Å². The molecule has 4 heterocycles. The summed E-state index contributed by atoms with van der Waals surface area (Å²) in [5, 5.41) is 16.4. The standard InChI is InChI=1S/C21H25N9/c1-5-30-17(12-26-29-30)16-8-13-9-18(25-11-15(13)20(22)27-16)28-19-10-14(6-7-24-19)21(2,3)23-4/h6-12,23H,5H2,1-4H3,(H2,22,27)(H,24,25,28). The van der Waals surface area contributed by atoms with Crippen LogP contribution in [0.4, 0.5) is 17.5 Å². The fourth-order valence-corrected chi connectivity index (χ4v) is 3.23. The number of nitrogen functional groups attached to an aromatic ring is 1. The number of nitrogens with two attached hydrogens (primary N) is 1. The Kier molecular flexibility index (Phi) is 5.04. The number of aryl methyl sites for hydroxylation is 1. The smallest absolute Gasteiger partial charge is 0.133 e. The number of nitrogens with zero attached hydrogens (tertiary/aromatic N) is 6. The molecule has 154 valence electrons. The summed E-state index contributed by atoms with van der Waals surface area (Å²) in [6, 6.07) is 7.92. The van der Waals surface area contributed by atoms with Crippen molar-refractivity contribution >= 4 is 28.2 Å². The van der Waals surface area contributed by atoms with Crippen molar-refractivity contribution in [3.63, 3.8) is 0 Å². The van der Waals surface area contributed by atoms with Crippen molar-refractivity contribution in [2.75, 3.05) is 18.1 Å². The molecular formula is C21H25N9. The van der Waals surface area contributed by atoms with Gasteiger partial charge in [0.25, 0.3) is 0 Å². The molecule has 0 aliphatic carbocycles. The van der Waals surface area contributed by atoms with E-state index in [4.69, 9.17) is 5.73 Å². The average molecular weight is 403 g/mol. The Morgan fingerprint density at radius 1 is 1.10 bits per heavy atom. The summed E-state index contributed by atoms with van der Waals surface area (Å²) >= 11 is 0. The lowest BCUT2D eigenvalue weighted by molar-refractivity contribution is 0.444. The van der Waals surface area contributed by atoms with Crippen molar-refractivity contribution in [2.24, 2.45) is 0 Å². The van der Waals surface area contributed by atoms with E-state index in [2.05, 4.69) is 49.7 Å². The zero-order valence-corrected chi connectivity index (χ0v) is 17.5. The van der Waals surface area contributed by atoms with E-state index in [0.29, 0.717) is 18.2 Å². The predicted octanol–water partition coefficient (Wildman–Crippen LogP) is 3.08. The van der Waals surface area contributed by atoms with Gasteiger partial charge in [-0.15, -0.1) is 5.10 Å². The lowest BCUT2D eigenvalue weighted by atomic mass is 9.95. The molecule has 4 aromatic heterocycles. The minimum Gasteiger partial charge on any atom is -0.383 e. The van der Waals surface area contributed by atoms with Gasteiger partial charge in [-0.05, 0) is 63.0 Å². The van der Waals surface area contributed by atoms with Gasteiger partial charge in [-0.3, -0.25) is 0 Å². The number of hydrogen-bond donors (Lipinski definition) is 3. The third-order valence-electron chi connectivity index (χ3n) is 5.29. The number of anilines is 3. The quantitative estimate of drug-likeness (QED) is 0.449. The lowest BCUT2D eigenvalue weighted by Gasteiger charge is -2.24. The molecule has 4 rings (SSSR count). The SMILES string of the molecule is CCn1nncc1-c1cc2cc(Nc3cc(C(C)(C)NC)ccn3)ncc2c(N)n1. The Morgan fingerprint density at radius 3 is 2.67 bits per heavy atom. The summed E-state index contributed by atoms with van der Waals surface area (Å²) in [5.41, 5.74) is 8.70. The molecule has 0 fully saturated rings. The molecule has 0 aliphatic rings. The second kappa shape index (κ2) is 7.68. The van der Waals surface area contributed by atoms with Crippen LogP contribution >= 0.6 is 0 Å². The van der Waals surface area contributed by atoms with Gasteiger partial charge in [0.1, 0.15) is 23.1 Å². The number of fused-ring (bicyclic) bond motifs is 1. The molecule has 4 aromatic rings. The minimum atomic E-state index is -0.165. The molecule has 4 N–H and O–H groups in total. The monoisotopic (exact) mass is 403 g/mol. The normalized spacial score (nSPS) is 11.7. The molecular weight excluding hydrogens is 378 g/mol. The molecule has 0 aliphatic heterocycles. The molecule has 9 nitrogen and oxygen atoms in total. The van der Waals surface area contributed by atoms with Gasteiger partial charge in [0, 0.05) is 29.9 Å². The number of hydrogen-bond acceptors (Lipinski definition) is 8. The van der Waals surface area contributed by atoms with E-state index in [1.807, 2.05) is 38.2 Å². The summed E-state index contributed by atoms with van der Waals surface area (Å²) in [5.74, 6) is 1.81. The summed E-state index contributed by atoms with van der Waals surface area (Å²) in [7, 11) is 1.94. The molecule has 0 amide bonds. The number of nitrogens with one attached hydrogen (secondary N) is 2. The van der Waals surface area contributed by atoms with Crippen LogP contribution in [0.25, 0.3) is 22.2 Å². The van der Waals surface area contributed by atoms with Crippen LogP contribution in [0, 0.1) is 0 Å². The van der Waals surface area contributed by atoms with E-state index >= 15 is 0 Å². The van der Waals surface area contributed by atoms with Crippen molar-refractivity contribution in [1.29, 1.82) is 0 Å². The number of rotatable bonds is 6. The van der Waals surface area contributed by atoms with Crippen LogP contribution < -0.4 is 16.4 Å². The fraction of sp³-hybridized carbons (Fsp3) is 0.286. The highest BCUT2D eigenvalue weighted by Gasteiger charge is 2.18. The topological polar surface area (TPSA) is 119 Å². The van der Waals surface area contributed by atoms with Crippen LogP contribution in [0.2, 0.25) is 0 Å². The highest BCUT2D eigenvalue weighted by atomic mass is 15.4. The summed E-state index contributed by atoms with van der Waals surface area (Å²) < 4.78 is 1.78. The molecule has 0 aromatic carbocycles. The Hall–Kier alpha value is -3.59. The van der Waals surface area contributed by atoms with Gasteiger partial charge in [-0.2, -0.15) is 0 Å². The fourth-order valence-electron chi connectivity index (χ4n) is 3.23. The van der Waals surface area contributed by atoms with Gasteiger partial charge < -0.3 is 16.4 Å². The van der Waals surface area contributed by atoms with Crippen molar-refractivity contribution in [3.8, 4) is 11.4 Å². The molecule has 0 atom stereocenters. The van der Waals surface area contributed by atoms with Crippen molar-refractivity contribution in [2.45, 2.75) is 32.9 Å². The highest BCUT2D eigenvalue weighted by molar-refractivity contribution is 5.94. The van der Waals surface area contributed by atoms with Gasteiger partial charge in [0.15, 0.2) is 0 Å². The van der Waals surface area contributed by atoms with Crippen LogP contribution in [0.15, 0.2) is 42.9 Å². The Balaban J connectivity index is 1.71. The van der Waals surface area contributed by atoms with Crippen LogP contribution in [0.1, 0.15) is 26.3 Å². The first kappa shape index (κ1) is 19.7. The average Bonchev–Trinajstić information content (AvgIpc) is 3.22. The minimum absolute atomic E-state index is 0.165. The maximum atomic E-state index is 6.20. The zero-order valence-electron chi connectivity index (χ0n) is 17.5. The van der Waals surface area contributed by atoms with Gasteiger partial charge in [-0.1, -0.05) is 5.21 Å². The number of aromatic nitrogens is 6. The second-order valence-electron chi connectivity index (χ2n) is 7.55. The third-order valence-corrected chi connectivity index (χ3v) is 5.29. The van der Waals surface area contributed by atoms with Gasteiger partial charge in [0.05, 0.1) is 11.9 Å². The molecule has 0 saturated carbocycles. The summed E-state index contributed by atoms with van der Waals surface area (Å²) in [6.07, 6.45) is 5.20. The van der Waals surface area contributed by atoms with Crippen molar-refractivity contribution < 1.29 is 0 Å². The molecule has 0 spiro atoms. The highest BCUT2D eigenvalue weighted by Crippen LogP contribution is 2.28. The zero-order chi connectivity index (χ0) is 21.3. The van der Waals surface area contributed by atoms with Gasteiger partial charge >= 0.3 is 0 Å². The van der Waals surface area contributed by atoms with E-state index in [1.165, 1.54) is 0 Å². The first-order chi connectivity index (χ1) is 14.4. The van der Waals surface area contributed by atoms with E-state index in [-0.39, 0.29) is 5.54 Å². The third kappa shape index (κ3) is 3.67. The molecule has 0 radical (unpaired) electrons. The van der Waals surface area contributed by atoms with E-state index in [1.54, 1.807) is 23.3 Å². The summed E-state index contributed by atoms with van der Waals surface area (Å²) in [4.78, 5) is 13.4. The second-order valence-corrected chi connectivity index (χ2v) is 7.55. The van der Waals surface area contributed by atoms with Crippen LogP contribution in [-0.2, 0) is 12.1 Å². The predicted molar refractivity (Wildman–Crippen MR) is 118 cm³/mol. The molecule has 9 heteroatoms. The van der Waals surface area contributed by atoms with E-state index in [0.717, 1.165) is 33.5 Å². The van der Waals surface area contributed by atoms with Crippen LogP contribution in [0.3, 0.4) is 0 Å². The van der Waals surface area contributed by atoms with Crippen molar-refractivity contribution in [1.82, 2.24) is 35.3 Å². The van der Waals surface area contributed by atoms with E-state index in [9.17, 15) is 0 Å². The Labute approximate surface area is 174 Å². The van der Waals surface area contributed by atoms with E-state index < -0.39 is 0 Å². The maximum Gasteiger partial charge on any atom is 0.133 e. The maximum absolute atomic E-state index is 6.20. The first-order valence-electron chi connectivity index (χ1n) is 9.79. The largest absolute Gasteiger partial charge is 0.383 e. The van der Waals surface area contributed by atoms with Gasteiger partial charge in [0.2, 0.25) is 0 Å². The van der Waals surface area contributed by atoms with Crippen molar-refractivity contribution in [3.05, 3.63) is 48.4 Å². The molecule has 0 bridgehead atoms. The summed E-state index contributed by atoms with van der Waals surface area (Å²) in [6.45, 7) is 6.94.